The van der Waals surface area contributed by atoms with Crippen LogP contribution in [0.1, 0.15) is 25.7 Å². The first-order valence-electron chi connectivity index (χ1n) is 7.81. The second kappa shape index (κ2) is 6.58. The Morgan fingerprint density at radius 3 is 2.87 bits per heavy atom. The van der Waals surface area contributed by atoms with Gasteiger partial charge in [0, 0.05) is 25.9 Å². The Balaban J connectivity index is 1.65. The number of piperidine rings is 1. The SMILES string of the molecule is O=C(O)Cn1cc(S(=O)(=O)N2CCCC(OCC3CC3)C2)cn1. The number of hydrogen-bond acceptors (Lipinski definition) is 5. The minimum absolute atomic E-state index is 0.0293. The van der Waals surface area contributed by atoms with Gasteiger partial charge >= 0.3 is 5.97 Å². The van der Waals surface area contributed by atoms with Crippen molar-refractivity contribution in [1.82, 2.24) is 14.1 Å². The minimum atomic E-state index is -3.66. The summed E-state index contributed by atoms with van der Waals surface area (Å²) in [6.45, 7) is 1.16. The van der Waals surface area contributed by atoms with Crippen LogP contribution in [0.4, 0.5) is 0 Å². The van der Waals surface area contributed by atoms with Crippen LogP contribution in [-0.2, 0) is 26.1 Å². The molecule has 0 spiro atoms. The first-order chi connectivity index (χ1) is 10.9. The van der Waals surface area contributed by atoms with Gasteiger partial charge in [-0.1, -0.05) is 0 Å². The van der Waals surface area contributed by atoms with Crippen molar-refractivity contribution >= 4 is 16.0 Å². The summed E-state index contributed by atoms with van der Waals surface area (Å²) in [5.74, 6) is -0.417. The van der Waals surface area contributed by atoms with Crippen LogP contribution >= 0.6 is 0 Å². The van der Waals surface area contributed by atoms with Gasteiger partial charge in [0.25, 0.3) is 0 Å². The molecule has 0 bridgehead atoms. The largest absolute Gasteiger partial charge is 0.480 e. The number of carboxylic acid groups (broad SMARTS) is 1. The number of aliphatic carboxylic acids is 1. The lowest BCUT2D eigenvalue weighted by Crippen LogP contribution is -2.43. The molecule has 0 aromatic carbocycles. The summed E-state index contributed by atoms with van der Waals surface area (Å²) in [7, 11) is -3.66. The van der Waals surface area contributed by atoms with Crippen LogP contribution in [-0.4, -0.2) is 59.4 Å². The molecule has 23 heavy (non-hydrogen) atoms. The van der Waals surface area contributed by atoms with Crippen molar-refractivity contribution in [3.8, 4) is 0 Å². The molecule has 1 aliphatic heterocycles. The van der Waals surface area contributed by atoms with Gasteiger partial charge in [0.1, 0.15) is 11.4 Å². The topological polar surface area (TPSA) is 102 Å². The molecule has 0 radical (unpaired) electrons. The highest BCUT2D eigenvalue weighted by atomic mass is 32.2. The number of rotatable bonds is 7. The number of hydrogen-bond donors (Lipinski definition) is 1. The van der Waals surface area contributed by atoms with Crippen LogP contribution in [0.25, 0.3) is 0 Å². The summed E-state index contributed by atoms with van der Waals surface area (Å²) >= 11 is 0. The van der Waals surface area contributed by atoms with Gasteiger partial charge in [-0.15, -0.1) is 0 Å². The molecule has 0 amide bonds. The maximum atomic E-state index is 12.7. The van der Waals surface area contributed by atoms with Gasteiger partial charge < -0.3 is 9.84 Å². The molecule has 1 aromatic heterocycles. The summed E-state index contributed by atoms with van der Waals surface area (Å²) in [4.78, 5) is 10.7. The molecule has 1 aromatic rings. The van der Waals surface area contributed by atoms with E-state index >= 15 is 0 Å². The fraction of sp³-hybridized carbons (Fsp3) is 0.714. The number of carboxylic acids is 1. The molecule has 128 valence electrons. The summed E-state index contributed by atoms with van der Waals surface area (Å²) in [6, 6.07) is 0. The van der Waals surface area contributed by atoms with E-state index in [4.69, 9.17) is 9.84 Å². The molecule has 1 aliphatic carbocycles. The third kappa shape index (κ3) is 4.10. The number of ether oxygens (including phenoxy) is 1. The van der Waals surface area contributed by atoms with Crippen LogP contribution in [0.15, 0.2) is 17.3 Å². The Bertz CT molecular complexity index is 668. The summed E-state index contributed by atoms with van der Waals surface area (Å²) in [5.41, 5.74) is 0. The smallest absolute Gasteiger partial charge is 0.325 e. The number of aromatic nitrogens is 2. The van der Waals surface area contributed by atoms with E-state index in [2.05, 4.69) is 5.10 Å². The molecule has 1 saturated heterocycles. The van der Waals surface area contributed by atoms with E-state index in [0.717, 1.165) is 24.1 Å². The molecular formula is C14H21N3O5S. The standard InChI is InChI=1S/C14H21N3O5S/c18-14(19)9-16-8-13(6-15-16)23(20,21)17-5-1-2-12(7-17)22-10-11-3-4-11/h6,8,11-12H,1-5,7,9-10H2,(H,18,19). The molecular weight excluding hydrogens is 322 g/mol. The third-order valence-corrected chi connectivity index (χ3v) is 5.97. The Kier molecular flexibility index (Phi) is 4.69. The van der Waals surface area contributed by atoms with E-state index < -0.39 is 16.0 Å². The first-order valence-corrected chi connectivity index (χ1v) is 9.25. The van der Waals surface area contributed by atoms with E-state index in [1.807, 2.05) is 0 Å². The normalized spacial score (nSPS) is 23.0. The maximum absolute atomic E-state index is 12.7. The predicted molar refractivity (Wildman–Crippen MR) is 80.3 cm³/mol. The number of nitrogens with zero attached hydrogens (tertiary/aromatic N) is 3. The van der Waals surface area contributed by atoms with Gasteiger partial charge in [0.2, 0.25) is 10.0 Å². The lowest BCUT2D eigenvalue weighted by atomic mass is 10.1. The van der Waals surface area contributed by atoms with E-state index in [9.17, 15) is 13.2 Å². The predicted octanol–water partition coefficient (Wildman–Crippen LogP) is 0.547. The Morgan fingerprint density at radius 1 is 1.39 bits per heavy atom. The Morgan fingerprint density at radius 2 is 2.17 bits per heavy atom. The van der Waals surface area contributed by atoms with Crippen molar-refractivity contribution in [3.63, 3.8) is 0 Å². The van der Waals surface area contributed by atoms with Crippen molar-refractivity contribution in [2.24, 2.45) is 5.92 Å². The average molecular weight is 343 g/mol. The van der Waals surface area contributed by atoms with E-state index in [0.29, 0.717) is 19.0 Å². The zero-order valence-electron chi connectivity index (χ0n) is 12.8. The molecule has 2 heterocycles. The Hall–Kier alpha value is -1.45. The number of sulfonamides is 1. The van der Waals surface area contributed by atoms with E-state index in [1.54, 1.807) is 0 Å². The van der Waals surface area contributed by atoms with E-state index in [-0.39, 0.29) is 17.5 Å². The van der Waals surface area contributed by atoms with E-state index in [1.165, 1.54) is 29.5 Å². The van der Waals surface area contributed by atoms with Gasteiger partial charge in [-0.25, -0.2) is 8.42 Å². The van der Waals surface area contributed by atoms with Crippen molar-refractivity contribution in [2.75, 3.05) is 19.7 Å². The van der Waals surface area contributed by atoms with Crippen LogP contribution in [0.2, 0.25) is 0 Å². The molecule has 1 saturated carbocycles. The summed E-state index contributed by atoms with van der Waals surface area (Å²) < 4.78 is 33.6. The lowest BCUT2D eigenvalue weighted by Gasteiger charge is -2.31. The van der Waals surface area contributed by atoms with Crippen LogP contribution in [0.3, 0.4) is 0 Å². The second-order valence-electron chi connectivity index (χ2n) is 6.17. The summed E-state index contributed by atoms with van der Waals surface area (Å²) in [5, 5.41) is 12.5. The van der Waals surface area contributed by atoms with Crippen LogP contribution < -0.4 is 0 Å². The van der Waals surface area contributed by atoms with Gasteiger partial charge in [-0.2, -0.15) is 9.40 Å². The monoisotopic (exact) mass is 343 g/mol. The quantitative estimate of drug-likeness (QED) is 0.776. The fourth-order valence-electron chi connectivity index (χ4n) is 2.67. The fourth-order valence-corrected chi connectivity index (χ4v) is 4.13. The van der Waals surface area contributed by atoms with Gasteiger partial charge in [-0.3, -0.25) is 9.48 Å². The molecule has 9 heteroatoms. The van der Waals surface area contributed by atoms with Crippen molar-refractivity contribution in [3.05, 3.63) is 12.4 Å². The number of carbonyl (C=O) groups is 1. The molecule has 1 atom stereocenters. The lowest BCUT2D eigenvalue weighted by molar-refractivity contribution is -0.137. The minimum Gasteiger partial charge on any atom is -0.480 e. The molecule has 8 nitrogen and oxygen atoms in total. The molecule has 1 N–H and O–H groups in total. The molecule has 2 aliphatic rings. The van der Waals surface area contributed by atoms with Gasteiger partial charge in [0.15, 0.2) is 0 Å². The maximum Gasteiger partial charge on any atom is 0.325 e. The Labute approximate surface area is 135 Å². The highest BCUT2D eigenvalue weighted by molar-refractivity contribution is 7.89. The molecule has 2 fully saturated rings. The van der Waals surface area contributed by atoms with Crippen LogP contribution in [0.5, 0.6) is 0 Å². The summed E-state index contributed by atoms with van der Waals surface area (Å²) in [6.07, 6.45) is 6.45. The van der Waals surface area contributed by atoms with Gasteiger partial charge in [-0.05, 0) is 31.6 Å². The second-order valence-corrected chi connectivity index (χ2v) is 8.11. The van der Waals surface area contributed by atoms with Crippen LogP contribution in [0, 0.1) is 5.92 Å². The van der Waals surface area contributed by atoms with Crippen molar-refractivity contribution in [1.29, 1.82) is 0 Å². The zero-order valence-corrected chi connectivity index (χ0v) is 13.6. The molecule has 3 rings (SSSR count). The van der Waals surface area contributed by atoms with Crippen molar-refractivity contribution in [2.45, 2.75) is 43.2 Å². The van der Waals surface area contributed by atoms with Gasteiger partial charge in [0.05, 0.1) is 12.3 Å². The van der Waals surface area contributed by atoms with Crippen molar-refractivity contribution < 1.29 is 23.1 Å². The zero-order chi connectivity index (χ0) is 16.4. The average Bonchev–Trinajstić information content (AvgIpc) is 3.22. The highest BCUT2D eigenvalue weighted by Crippen LogP contribution is 2.30. The highest BCUT2D eigenvalue weighted by Gasteiger charge is 2.32. The third-order valence-electron chi connectivity index (χ3n) is 4.15. The first kappa shape index (κ1) is 16.4. The molecule has 1 unspecified atom stereocenters.